The molecule has 1 saturated heterocycles. The average Bonchev–Trinajstić information content (AvgIpc) is 2.69. The molecular formula is C12H11BrF2N2O2. The number of nitrogens with zero attached hydrogens (tertiary/aromatic N) is 1. The molecule has 0 spiro atoms. The van der Waals surface area contributed by atoms with Crippen molar-refractivity contribution in [2.45, 2.75) is 18.6 Å². The van der Waals surface area contributed by atoms with Crippen molar-refractivity contribution < 1.29 is 18.4 Å². The molecule has 1 fully saturated rings. The fraction of sp³-hybridized carbons (Fsp3) is 0.333. The number of carbonyl (C=O) groups excluding carboxylic acids is 2. The molecule has 0 aliphatic carbocycles. The molecule has 0 unspecified atom stereocenters. The van der Waals surface area contributed by atoms with E-state index in [1.54, 1.807) is 0 Å². The highest BCUT2D eigenvalue weighted by atomic mass is 79.9. The van der Waals surface area contributed by atoms with Crippen molar-refractivity contribution in [2.75, 3.05) is 6.54 Å². The summed E-state index contributed by atoms with van der Waals surface area (Å²) in [5.74, 6) is -1.96. The van der Waals surface area contributed by atoms with Crippen LogP contribution in [0.1, 0.15) is 16.8 Å². The van der Waals surface area contributed by atoms with Crippen LogP contribution in [-0.4, -0.2) is 35.5 Å². The summed E-state index contributed by atoms with van der Waals surface area (Å²) in [6.45, 7) is -0.208. The maximum atomic E-state index is 13.3. The number of benzene rings is 1. The van der Waals surface area contributed by atoms with E-state index in [1.165, 1.54) is 12.1 Å². The smallest absolute Gasteiger partial charge is 0.254 e. The molecule has 7 heteroatoms. The molecule has 0 saturated carbocycles. The van der Waals surface area contributed by atoms with Crippen LogP contribution in [-0.2, 0) is 4.79 Å². The molecule has 0 bridgehead atoms. The average molecular weight is 333 g/mol. The maximum absolute atomic E-state index is 13.3. The molecule has 1 aliphatic rings. The Kier molecular flexibility index (Phi) is 3.84. The normalized spacial score (nSPS) is 22.6. The van der Waals surface area contributed by atoms with Gasteiger partial charge in [-0.15, -0.1) is 0 Å². The number of nitrogens with two attached hydrogens (primary N) is 1. The molecule has 102 valence electrons. The molecule has 1 aromatic carbocycles. The van der Waals surface area contributed by atoms with Gasteiger partial charge in [0.05, 0.1) is 6.54 Å². The molecule has 2 amide bonds. The van der Waals surface area contributed by atoms with Gasteiger partial charge in [-0.05, 0) is 18.2 Å². The quantitative estimate of drug-likeness (QED) is 0.894. The first kappa shape index (κ1) is 13.9. The Morgan fingerprint density at radius 3 is 2.63 bits per heavy atom. The molecule has 1 heterocycles. The Morgan fingerprint density at radius 2 is 2.05 bits per heavy atom. The number of hydrogen-bond acceptors (Lipinski definition) is 2. The van der Waals surface area contributed by atoms with Crippen LogP contribution in [0.5, 0.6) is 0 Å². The topological polar surface area (TPSA) is 63.4 Å². The number of halogens is 3. The summed E-state index contributed by atoms with van der Waals surface area (Å²) in [7, 11) is 0. The first-order chi connectivity index (χ1) is 8.88. The van der Waals surface area contributed by atoms with Crippen LogP contribution in [0.3, 0.4) is 0 Å². The van der Waals surface area contributed by atoms with Gasteiger partial charge in [-0.25, -0.2) is 8.78 Å². The van der Waals surface area contributed by atoms with Crippen LogP contribution in [0.25, 0.3) is 0 Å². The Hall–Kier alpha value is -1.50. The van der Waals surface area contributed by atoms with Crippen LogP contribution in [0, 0.1) is 5.82 Å². The standard InChI is InChI=1S/C12H11BrF2N2O2/c13-7-1-6(2-8(14)3-7)12(19)17-5-9(15)4-10(17)11(16)18/h1-3,9-10H,4-5H2,(H2,16,18)/t9-,10+/m1/s1. The first-order valence-electron chi connectivity index (χ1n) is 5.59. The molecule has 19 heavy (non-hydrogen) atoms. The van der Waals surface area contributed by atoms with Crippen molar-refractivity contribution in [1.29, 1.82) is 0 Å². The van der Waals surface area contributed by atoms with Crippen molar-refractivity contribution in [2.24, 2.45) is 5.73 Å². The van der Waals surface area contributed by atoms with Crippen molar-refractivity contribution >= 4 is 27.7 Å². The summed E-state index contributed by atoms with van der Waals surface area (Å²) in [5.41, 5.74) is 5.19. The van der Waals surface area contributed by atoms with E-state index in [0.717, 1.165) is 11.0 Å². The third-order valence-electron chi connectivity index (χ3n) is 2.95. The lowest BCUT2D eigenvalue weighted by molar-refractivity contribution is -0.121. The van der Waals surface area contributed by atoms with Gasteiger partial charge in [0, 0.05) is 16.5 Å². The lowest BCUT2D eigenvalue weighted by Crippen LogP contribution is -2.43. The summed E-state index contributed by atoms with van der Waals surface area (Å²) in [4.78, 5) is 24.4. The maximum Gasteiger partial charge on any atom is 0.254 e. The third kappa shape index (κ3) is 2.91. The Labute approximate surface area is 116 Å². The fourth-order valence-corrected chi connectivity index (χ4v) is 2.59. The second-order valence-electron chi connectivity index (χ2n) is 4.37. The summed E-state index contributed by atoms with van der Waals surface area (Å²) in [5, 5.41) is 0. The van der Waals surface area contributed by atoms with Gasteiger partial charge in [-0.1, -0.05) is 15.9 Å². The van der Waals surface area contributed by atoms with Crippen LogP contribution in [0.4, 0.5) is 8.78 Å². The number of primary amides is 1. The zero-order valence-corrected chi connectivity index (χ0v) is 11.4. The third-order valence-corrected chi connectivity index (χ3v) is 3.41. The van der Waals surface area contributed by atoms with Crippen molar-refractivity contribution in [3.63, 3.8) is 0 Å². The van der Waals surface area contributed by atoms with E-state index in [0.29, 0.717) is 4.47 Å². The molecular weight excluding hydrogens is 322 g/mol. The van der Waals surface area contributed by atoms with Crippen LogP contribution in [0.15, 0.2) is 22.7 Å². The number of amides is 2. The second kappa shape index (κ2) is 5.24. The Bertz CT molecular complexity index is 518. The van der Waals surface area contributed by atoms with E-state index in [-0.39, 0.29) is 18.5 Å². The van der Waals surface area contributed by atoms with Gasteiger partial charge < -0.3 is 10.6 Å². The lowest BCUT2D eigenvalue weighted by Gasteiger charge is -2.21. The largest absolute Gasteiger partial charge is 0.368 e. The van der Waals surface area contributed by atoms with Gasteiger partial charge in [0.15, 0.2) is 0 Å². The minimum atomic E-state index is -1.29. The number of hydrogen-bond donors (Lipinski definition) is 1. The Morgan fingerprint density at radius 1 is 1.37 bits per heavy atom. The van der Waals surface area contributed by atoms with E-state index in [4.69, 9.17) is 5.73 Å². The summed E-state index contributed by atoms with van der Waals surface area (Å²) in [6.07, 6.45) is -1.41. The summed E-state index contributed by atoms with van der Waals surface area (Å²) in [6, 6.07) is 2.67. The minimum absolute atomic E-state index is 0.0484. The molecule has 0 aromatic heterocycles. The highest BCUT2D eigenvalue weighted by Gasteiger charge is 2.39. The molecule has 2 atom stereocenters. The van der Waals surface area contributed by atoms with Gasteiger partial charge in [0.1, 0.15) is 18.0 Å². The van der Waals surface area contributed by atoms with Gasteiger partial charge in [0.25, 0.3) is 5.91 Å². The van der Waals surface area contributed by atoms with E-state index >= 15 is 0 Å². The zero-order chi connectivity index (χ0) is 14.2. The van der Waals surface area contributed by atoms with E-state index in [9.17, 15) is 18.4 Å². The number of likely N-dealkylation sites (tertiary alicyclic amines) is 1. The van der Waals surface area contributed by atoms with E-state index in [1.807, 2.05) is 0 Å². The number of carbonyl (C=O) groups is 2. The monoisotopic (exact) mass is 332 g/mol. The molecule has 2 rings (SSSR count). The zero-order valence-electron chi connectivity index (χ0n) is 9.78. The van der Waals surface area contributed by atoms with Crippen molar-refractivity contribution in [3.8, 4) is 0 Å². The number of rotatable bonds is 2. The minimum Gasteiger partial charge on any atom is -0.368 e. The van der Waals surface area contributed by atoms with Crippen LogP contribution < -0.4 is 5.73 Å². The van der Waals surface area contributed by atoms with Crippen molar-refractivity contribution in [1.82, 2.24) is 4.90 Å². The van der Waals surface area contributed by atoms with E-state index in [2.05, 4.69) is 15.9 Å². The van der Waals surface area contributed by atoms with Crippen LogP contribution in [0.2, 0.25) is 0 Å². The lowest BCUT2D eigenvalue weighted by atomic mass is 10.1. The fourth-order valence-electron chi connectivity index (χ4n) is 2.12. The van der Waals surface area contributed by atoms with Gasteiger partial charge >= 0.3 is 0 Å². The van der Waals surface area contributed by atoms with Gasteiger partial charge in [-0.3, -0.25) is 9.59 Å². The van der Waals surface area contributed by atoms with Gasteiger partial charge in [0.2, 0.25) is 5.91 Å². The molecule has 0 radical (unpaired) electrons. The SMILES string of the molecule is NC(=O)[C@@H]1C[C@@H](F)CN1C(=O)c1cc(F)cc(Br)c1. The summed E-state index contributed by atoms with van der Waals surface area (Å²) < 4.78 is 27.0. The summed E-state index contributed by atoms with van der Waals surface area (Å²) >= 11 is 3.07. The predicted octanol–water partition coefficient (Wildman–Crippen LogP) is 1.63. The first-order valence-corrected chi connectivity index (χ1v) is 6.38. The molecule has 1 aliphatic heterocycles. The van der Waals surface area contributed by atoms with E-state index < -0.39 is 29.8 Å². The van der Waals surface area contributed by atoms with Crippen molar-refractivity contribution in [3.05, 3.63) is 34.1 Å². The second-order valence-corrected chi connectivity index (χ2v) is 5.28. The number of alkyl halides is 1. The predicted molar refractivity (Wildman–Crippen MR) is 67.6 cm³/mol. The molecule has 2 N–H and O–H groups in total. The van der Waals surface area contributed by atoms with Gasteiger partial charge in [-0.2, -0.15) is 0 Å². The Balaban J connectivity index is 2.30. The highest BCUT2D eigenvalue weighted by Crippen LogP contribution is 2.24. The molecule has 1 aromatic rings. The van der Waals surface area contributed by atoms with Crippen LogP contribution >= 0.6 is 15.9 Å². The molecule has 4 nitrogen and oxygen atoms in total. The highest BCUT2D eigenvalue weighted by molar-refractivity contribution is 9.10.